The molecule has 1 unspecified atom stereocenters. The molecule has 11 heteroatoms. The fourth-order valence-corrected chi connectivity index (χ4v) is 6.01. The number of thiazole rings is 1. The number of hydrogen-bond acceptors (Lipinski definition) is 6. The topological polar surface area (TPSA) is 89.6 Å². The van der Waals surface area contributed by atoms with Crippen LogP contribution in [-0.2, 0) is 21.2 Å². The van der Waals surface area contributed by atoms with Gasteiger partial charge in [-0.05, 0) is 69.0 Å². The third-order valence-corrected chi connectivity index (χ3v) is 9.06. The first-order chi connectivity index (χ1) is 17.1. The van der Waals surface area contributed by atoms with Crippen LogP contribution < -0.4 is 19.5 Å². The molecular weight excluding hydrogens is 525 g/mol. The molecule has 2 aromatic carbocycles. The summed E-state index contributed by atoms with van der Waals surface area (Å²) in [5, 5.41) is 3.56. The van der Waals surface area contributed by atoms with Crippen molar-refractivity contribution in [3.8, 4) is 11.5 Å². The number of halogens is 2. The Bertz CT molecular complexity index is 1350. The van der Waals surface area contributed by atoms with Gasteiger partial charge in [0.2, 0.25) is 12.7 Å². The zero-order chi connectivity index (χ0) is 25.7. The third kappa shape index (κ3) is 4.87. The van der Waals surface area contributed by atoms with Gasteiger partial charge >= 0.3 is 0 Å². The van der Waals surface area contributed by atoms with Crippen LogP contribution in [0.3, 0.4) is 0 Å². The summed E-state index contributed by atoms with van der Waals surface area (Å²) >= 11 is 7.61. The Hall–Kier alpha value is -2.53. The molecule has 1 aliphatic heterocycles. The zero-order valence-corrected chi connectivity index (χ0v) is 22.3. The van der Waals surface area contributed by atoms with E-state index in [1.54, 1.807) is 12.3 Å². The predicted molar refractivity (Wildman–Crippen MR) is 139 cm³/mol. The van der Waals surface area contributed by atoms with Crippen molar-refractivity contribution < 1.29 is 22.9 Å². The van der Waals surface area contributed by atoms with E-state index < -0.39 is 33.0 Å². The minimum atomic E-state index is -1.45. The zero-order valence-electron chi connectivity index (χ0n) is 19.9. The number of hydrogen-bond donors (Lipinski definition) is 2. The number of fused-ring (bicyclic) bond motifs is 1. The van der Waals surface area contributed by atoms with Gasteiger partial charge in [0.25, 0.3) is 0 Å². The minimum Gasteiger partial charge on any atom is -0.454 e. The molecule has 190 valence electrons. The van der Waals surface area contributed by atoms with Crippen molar-refractivity contribution in [3.63, 3.8) is 0 Å². The van der Waals surface area contributed by atoms with Crippen LogP contribution in [0.25, 0.3) is 0 Å². The van der Waals surface area contributed by atoms with Gasteiger partial charge in [-0.25, -0.2) is 18.3 Å². The summed E-state index contributed by atoms with van der Waals surface area (Å²) in [6.07, 6.45) is 3.05. The van der Waals surface area contributed by atoms with Crippen molar-refractivity contribution in [1.29, 1.82) is 0 Å². The number of rotatable bonds is 7. The molecule has 2 N–H and O–H groups in total. The number of aromatic nitrogens is 1. The molecule has 7 nitrogen and oxygen atoms in total. The monoisotopic (exact) mass is 549 g/mol. The first-order valence-electron chi connectivity index (χ1n) is 11.4. The summed E-state index contributed by atoms with van der Waals surface area (Å²) in [7, 11) is -1.45. The quantitative estimate of drug-likeness (QED) is 0.407. The highest BCUT2D eigenvalue weighted by Crippen LogP contribution is 2.51. The number of benzene rings is 2. The number of carbonyl (C=O) groups excluding carboxylic acids is 1. The second kappa shape index (κ2) is 9.41. The van der Waals surface area contributed by atoms with Gasteiger partial charge in [-0.2, -0.15) is 0 Å². The van der Waals surface area contributed by atoms with E-state index >= 15 is 0 Å². The van der Waals surface area contributed by atoms with Gasteiger partial charge in [-0.3, -0.25) is 4.79 Å². The van der Waals surface area contributed by atoms with Crippen LogP contribution in [0, 0.1) is 5.82 Å². The molecule has 0 saturated heterocycles. The Labute approximate surface area is 220 Å². The van der Waals surface area contributed by atoms with Crippen molar-refractivity contribution in [2.75, 3.05) is 12.1 Å². The van der Waals surface area contributed by atoms with Crippen LogP contribution in [0.1, 0.15) is 55.7 Å². The van der Waals surface area contributed by atoms with Gasteiger partial charge in [-0.15, -0.1) is 0 Å². The Balaban J connectivity index is 1.39. The van der Waals surface area contributed by atoms with Crippen molar-refractivity contribution >= 4 is 45.0 Å². The minimum absolute atomic E-state index is 0.148. The standard InChI is InChI=1S/C25H25ClFN3O4S2/c1-24(2,3)36(32)30-21(16-6-5-15(27)11-17(16)26)20-12-28-23(35-20)29-22(31)25(8-9-25)14-4-7-18-19(10-14)34-13-33-18/h4-7,10-12,21,30H,8-9,13H2,1-3H3,(H,28,29,31)/t21-,36?/m0/s1. The van der Waals surface area contributed by atoms with Crippen LogP contribution in [0.5, 0.6) is 11.5 Å². The SMILES string of the molecule is CC(C)(C)S(=O)N[C@H](c1cnc(NC(=O)C2(c3ccc4c(c3)OCO4)CC2)s1)c1ccc(F)cc1Cl. The molecule has 2 aliphatic rings. The van der Waals surface area contributed by atoms with E-state index in [4.69, 9.17) is 21.1 Å². The molecular formula is C25H25ClFN3O4S2. The lowest BCUT2D eigenvalue weighted by Crippen LogP contribution is -2.36. The van der Waals surface area contributed by atoms with Gasteiger partial charge in [0.15, 0.2) is 16.6 Å². The van der Waals surface area contributed by atoms with E-state index in [2.05, 4.69) is 15.0 Å². The second-order valence-electron chi connectivity index (χ2n) is 9.77. The number of nitrogens with zero attached hydrogens (tertiary/aromatic N) is 1. The van der Waals surface area contributed by atoms with E-state index in [9.17, 15) is 13.4 Å². The normalized spacial score (nSPS) is 17.5. The lowest BCUT2D eigenvalue weighted by Gasteiger charge is -2.24. The summed E-state index contributed by atoms with van der Waals surface area (Å²) in [4.78, 5) is 18.4. The summed E-state index contributed by atoms with van der Waals surface area (Å²) < 4.78 is 40.1. The first-order valence-corrected chi connectivity index (χ1v) is 13.7. The molecule has 2 atom stereocenters. The molecule has 2 heterocycles. The average molecular weight is 550 g/mol. The molecule has 1 amide bonds. The number of nitrogens with one attached hydrogen (secondary N) is 2. The number of amides is 1. The molecule has 5 rings (SSSR count). The highest BCUT2D eigenvalue weighted by atomic mass is 35.5. The Morgan fingerprint density at radius 2 is 1.94 bits per heavy atom. The summed E-state index contributed by atoms with van der Waals surface area (Å²) in [5.41, 5.74) is 0.800. The molecule has 1 aliphatic carbocycles. The lowest BCUT2D eigenvalue weighted by atomic mass is 9.94. The smallest absolute Gasteiger partial charge is 0.236 e. The van der Waals surface area contributed by atoms with Crippen LogP contribution in [0.2, 0.25) is 5.02 Å². The molecule has 0 spiro atoms. The summed E-state index contributed by atoms with van der Waals surface area (Å²) in [6, 6.07) is 9.06. The van der Waals surface area contributed by atoms with Crippen molar-refractivity contribution in [1.82, 2.24) is 9.71 Å². The Morgan fingerprint density at radius 3 is 2.64 bits per heavy atom. The predicted octanol–water partition coefficient (Wildman–Crippen LogP) is 5.48. The molecule has 0 bridgehead atoms. The highest BCUT2D eigenvalue weighted by Gasteiger charge is 2.52. The van der Waals surface area contributed by atoms with Crippen LogP contribution in [-0.4, -0.2) is 26.6 Å². The van der Waals surface area contributed by atoms with Crippen LogP contribution in [0.15, 0.2) is 42.6 Å². The van der Waals surface area contributed by atoms with Gasteiger partial charge in [-0.1, -0.05) is 35.1 Å². The Kier molecular flexibility index (Phi) is 6.57. The largest absolute Gasteiger partial charge is 0.454 e. The summed E-state index contributed by atoms with van der Waals surface area (Å²) in [6.45, 7) is 5.72. The van der Waals surface area contributed by atoms with Gasteiger partial charge in [0.1, 0.15) is 5.82 Å². The van der Waals surface area contributed by atoms with Crippen molar-refractivity contribution in [3.05, 3.63) is 69.4 Å². The Morgan fingerprint density at radius 1 is 1.19 bits per heavy atom. The average Bonchev–Trinajstić information content (AvgIpc) is 3.28. The maximum Gasteiger partial charge on any atom is 0.236 e. The van der Waals surface area contributed by atoms with Gasteiger partial charge < -0.3 is 14.8 Å². The number of carbonyl (C=O) groups is 1. The summed E-state index contributed by atoms with van der Waals surface area (Å²) in [5.74, 6) is 0.699. The molecule has 1 saturated carbocycles. The molecule has 36 heavy (non-hydrogen) atoms. The lowest BCUT2D eigenvalue weighted by molar-refractivity contribution is -0.118. The first kappa shape index (κ1) is 25.1. The van der Waals surface area contributed by atoms with E-state index in [-0.39, 0.29) is 17.7 Å². The molecule has 1 aromatic heterocycles. The maximum absolute atomic E-state index is 13.7. The van der Waals surface area contributed by atoms with E-state index in [1.807, 2.05) is 39.0 Å². The maximum atomic E-state index is 13.7. The fraction of sp³-hybridized carbons (Fsp3) is 0.360. The fourth-order valence-electron chi connectivity index (χ4n) is 3.95. The van der Waals surface area contributed by atoms with E-state index in [0.29, 0.717) is 27.1 Å². The van der Waals surface area contributed by atoms with Crippen molar-refractivity contribution in [2.45, 2.75) is 49.8 Å². The van der Waals surface area contributed by atoms with Crippen molar-refractivity contribution in [2.24, 2.45) is 0 Å². The number of anilines is 1. The molecule has 0 radical (unpaired) electrons. The van der Waals surface area contributed by atoms with Crippen LogP contribution in [0.4, 0.5) is 9.52 Å². The highest BCUT2D eigenvalue weighted by molar-refractivity contribution is 7.84. The second-order valence-corrected chi connectivity index (χ2v) is 13.2. The van der Waals surface area contributed by atoms with E-state index in [1.165, 1.54) is 23.5 Å². The molecule has 3 aromatic rings. The van der Waals surface area contributed by atoms with Gasteiger partial charge in [0, 0.05) is 16.1 Å². The molecule has 1 fully saturated rings. The third-order valence-electron chi connectivity index (χ3n) is 6.19. The van der Waals surface area contributed by atoms with E-state index in [0.717, 1.165) is 18.4 Å². The van der Waals surface area contributed by atoms with Crippen LogP contribution >= 0.6 is 22.9 Å². The number of ether oxygens (including phenoxy) is 2. The van der Waals surface area contributed by atoms with Gasteiger partial charge in [0.05, 0.1) is 27.2 Å².